The molecule has 0 spiro atoms. The summed E-state index contributed by atoms with van der Waals surface area (Å²) < 4.78 is 0. The van der Waals surface area contributed by atoms with E-state index in [4.69, 9.17) is 0 Å². The topological polar surface area (TPSA) is 3.24 Å². The molecule has 5 aliphatic rings. The molecule has 0 aromatic heterocycles. The van der Waals surface area contributed by atoms with Crippen LogP contribution < -0.4 is 4.90 Å². The smallest absolute Gasteiger partial charge is 0.0410 e. The van der Waals surface area contributed by atoms with E-state index < -0.39 is 0 Å². The number of benzene rings is 1. The van der Waals surface area contributed by atoms with Gasteiger partial charge in [0.05, 0.1) is 0 Å². The lowest BCUT2D eigenvalue weighted by molar-refractivity contribution is -0.00344. The fourth-order valence-electron chi connectivity index (χ4n) is 6.23. The van der Waals surface area contributed by atoms with Crippen molar-refractivity contribution in [1.29, 1.82) is 0 Å². The first-order valence-electron chi connectivity index (χ1n) is 8.18. The number of anilines is 1. The summed E-state index contributed by atoms with van der Waals surface area (Å²) in [5.74, 6) is 3.16. The molecule has 19 heavy (non-hydrogen) atoms. The molecule has 0 saturated heterocycles. The van der Waals surface area contributed by atoms with Crippen LogP contribution in [-0.4, -0.2) is 12.1 Å². The van der Waals surface area contributed by atoms with Gasteiger partial charge in [-0.3, -0.25) is 0 Å². The van der Waals surface area contributed by atoms with Crippen molar-refractivity contribution < 1.29 is 0 Å². The average Bonchev–Trinajstić information content (AvgIpc) is 2.81. The van der Waals surface area contributed by atoms with Crippen LogP contribution in [-0.2, 0) is 6.42 Å². The van der Waals surface area contributed by atoms with E-state index in [1.165, 1.54) is 32.2 Å². The van der Waals surface area contributed by atoms with Crippen LogP contribution >= 0.6 is 0 Å². The zero-order chi connectivity index (χ0) is 12.4. The molecule has 100 valence electrons. The van der Waals surface area contributed by atoms with Crippen LogP contribution in [0.3, 0.4) is 0 Å². The Balaban J connectivity index is 1.57. The molecule has 1 heterocycles. The number of para-hydroxylation sites is 1. The summed E-state index contributed by atoms with van der Waals surface area (Å²) in [7, 11) is 0. The first-order chi connectivity index (χ1) is 9.32. The van der Waals surface area contributed by atoms with E-state index in [2.05, 4.69) is 29.2 Å². The molecule has 0 radical (unpaired) electrons. The second-order valence-corrected chi connectivity index (χ2v) is 7.67. The molecule has 1 aromatic rings. The Bertz CT molecular complexity index is 483. The van der Waals surface area contributed by atoms with Gasteiger partial charge in [-0.25, -0.2) is 0 Å². The zero-order valence-corrected chi connectivity index (χ0v) is 11.6. The highest BCUT2D eigenvalue weighted by molar-refractivity contribution is 5.60. The van der Waals surface area contributed by atoms with Gasteiger partial charge >= 0.3 is 0 Å². The SMILES string of the molecule is c1ccc2c(c1)CCN2C12CC3CC(CC(C3)C1)C2. The maximum atomic E-state index is 2.84. The minimum absolute atomic E-state index is 0.557. The Labute approximate surface area is 116 Å². The van der Waals surface area contributed by atoms with Crippen molar-refractivity contribution in [2.45, 2.75) is 50.5 Å². The van der Waals surface area contributed by atoms with Crippen LogP contribution in [0.1, 0.15) is 44.1 Å². The molecule has 1 aromatic carbocycles. The van der Waals surface area contributed by atoms with Crippen molar-refractivity contribution in [2.24, 2.45) is 17.8 Å². The summed E-state index contributed by atoms with van der Waals surface area (Å²) in [5.41, 5.74) is 3.73. The fraction of sp³-hybridized carbons (Fsp3) is 0.667. The monoisotopic (exact) mass is 253 g/mol. The van der Waals surface area contributed by atoms with Gasteiger partial charge in [-0.05, 0) is 74.3 Å². The fourth-order valence-corrected chi connectivity index (χ4v) is 6.23. The number of fused-ring (bicyclic) bond motifs is 1. The van der Waals surface area contributed by atoms with Crippen molar-refractivity contribution in [1.82, 2.24) is 0 Å². The Morgan fingerprint density at radius 2 is 1.53 bits per heavy atom. The molecule has 1 aliphatic heterocycles. The molecule has 0 amide bonds. The molecule has 0 unspecified atom stereocenters. The molecule has 4 fully saturated rings. The highest BCUT2D eigenvalue weighted by Crippen LogP contribution is 2.59. The molecule has 0 atom stereocenters. The van der Waals surface area contributed by atoms with Crippen LogP contribution in [0.4, 0.5) is 5.69 Å². The lowest BCUT2D eigenvalue weighted by Gasteiger charge is -2.60. The van der Waals surface area contributed by atoms with Gasteiger partial charge in [0.1, 0.15) is 0 Å². The number of nitrogens with zero attached hydrogens (tertiary/aromatic N) is 1. The van der Waals surface area contributed by atoms with Crippen molar-refractivity contribution in [3.63, 3.8) is 0 Å². The van der Waals surface area contributed by atoms with Gasteiger partial charge in [-0.2, -0.15) is 0 Å². The largest absolute Gasteiger partial charge is 0.365 e. The number of hydrogen-bond acceptors (Lipinski definition) is 1. The standard InChI is InChI=1S/C18H23N/c1-2-4-17-16(3-1)5-6-19(17)18-10-13-7-14(11-18)9-15(8-13)12-18/h1-4,13-15H,5-12H2. The van der Waals surface area contributed by atoms with Crippen LogP contribution in [0.2, 0.25) is 0 Å². The maximum Gasteiger partial charge on any atom is 0.0410 e. The van der Waals surface area contributed by atoms with Crippen LogP contribution in [0.25, 0.3) is 0 Å². The molecule has 1 nitrogen and oxygen atoms in total. The van der Waals surface area contributed by atoms with Crippen molar-refractivity contribution in [3.05, 3.63) is 29.8 Å². The lowest BCUT2D eigenvalue weighted by Crippen LogP contribution is -2.59. The Morgan fingerprint density at radius 1 is 0.895 bits per heavy atom. The van der Waals surface area contributed by atoms with Gasteiger partial charge in [0.2, 0.25) is 0 Å². The molecule has 4 saturated carbocycles. The van der Waals surface area contributed by atoms with Crippen molar-refractivity contribution in [2.75, 3.05) is 11.4 Å². The second kappa shape index (κ2) is 3.56. The summed E-state index contributed by atoms with van der Waals surface area (Å²) in [6.07, 6.45) is 10.4. The van der Waals surface area contributed by atoms with E-state index >= 15 is 0 Å². The Morgan fingerprint density at radius 3 is 2.21 bits per heavy atom. The third kappa shape index (κ3) is 1.42. The summed E-state index contributed by atoms with van der Waals surface area (Å²) in [5, 5.41) is 0. The highest BCUT2D eigenvalue weighted by Gasteiger charge is 2.54. The minimum atomic E-state index is 0.557. The number of rotatable bonds is 1. The second-order valence-electron chi connectivity index (χ2n) is 7.67. The normalized spacial score (nSPS) is 42.7. The lowest BCUT2D eigenvalue weighted by atomic mass is 9.52. The van der Waals surface area contributed by atoms with Crippen LogP contribution in [0, 0.1) is 17.8 Å². The predicted molar refractivity (Wildman–Crippen MR) is 78.4 cm³/mol. The van der Waals surface area contributed by atoms with Gasteiger partial charge in [0.15, 0.2) is 0 Å². The average molecular weight is 253 g/mol. The summed E-state index contributed by atoms with van der Waals surface area (Å²) >= 11 is 0. The molecule has 6 rings (SSSR count). The Kier molecular flexibility index (Phi) is 2.02. The third-order valence-corrected chi connectivity index (χ3v) is 6.47. The first-order valence-corrected chi connectivity index (χ1v) is 8.18. The van der Waals surface area contributed by atoms with Crippen LogP contribution in [0.15, 0.2) is 24.3 Å². The molecule has 4 bridgehead atoms. The Hall–Kier alpha value is -0.980. The van der Waals surface area contributed by atoms with E-state index in [1.54, 1.807) is 30.5 Å². The molecular weight excluding hydrogens is 230 g/mol. The minimum Gasteiger partial charge on any atom is -0.365 e. The highest BCUT2D eigenvalue weighted by atomic mass is 15.2. The van der Waals surface area contributed by atoms with Gasteiger partial charge in [0.25, 0.3) is 0 Å². The van der Waals surface area contributed by atoms with Gasteiger partial charge < -0.3 is 4.90 Å². The van der Waals surface area contributed by atoms with Crippen molar-refractivity contribution in [3.8, 4) is 0 Å². The molecular formula is C18H23N. The van der Waals surface area contributed by atoms with E-state index in [-0.39, 0.29) is 0 Å². The number of hydrogen-bond donors (Lipinski definition) is 0. The summed E-state index contributed by atoms with van der Waals surface area (Å²) in [6.45, 7) is 1.28. The molecule has 1 heteroatoms. The van der Waals surface area contributed by atoms with E-state index in [0.717, 1.165) is 17.8 Å². The summed E-state index contributed by atoms with van der Waals surface area (Å²) in [6, 6.07) is 9.16. The molecule has 0 N–H and O–H groups in total. The first kappa shape index (κ1) is 10.8. The molecule has 4 aliphatic carbocycles. The van der Waals surface area contributed by atoms with E-state index in [0.29, 0.717) is 5.54 Å². The van der Waals surface area contributed by atoms with Gasteiger partial charge in [-0.1, -0.05) is 18.2 Å². The predicted octanol–water partition coefficient (Wildman–Crippen LogP) is 4.02. The van der Waals surface area contributed by atoms with Crippen LogP contribution in [0.5, 0.6) is 0 Å². The van der Waals surface area contributed by atoms with Gasteiger partial charge in [-0.15, -0.1) is 0 Å². The van der Waals surface area contributed by atoms with E-state index in [1.807, 2.05) is 0 Å². The summed E-state index contributed by atoms with van der Waals surface area (Å²) in [4.78, 5) is 2.84. The van der Waals surface area contributed by atoms with E-state index in [9.17, 15) is 0 Å². The maximum absolute atomic E-state index is 2.84. The zero-order valence-electron chi connectivity index (χ0n) is 11.6. The quantitative estimate of drug-likeness (QED) is 0.730. The van der Waals surface area contributed by atoms with Crippen molar-refractivity contribution >= 4 is 5.69 Å². The third-order valence-electron chi connectivity index (χ3n) is 6.47. The van der Waals surface area contributed by atoms with Gasteiger partial charge in [0, 0.05) is 17.8 Å².